The maximum absolute atomic E-state index is 6.36. The molecule has 2 atom stereocenters. The molecule has 1 saturated carbocycles. The summed E-state index contributed by atoms with van der Waals surface area (Å²) in [6, 6.07) is 14.4. The van der Waals surface area contributed by atoms with Gasteiger partial charge in [-0.05, 0) is 55.7 Å². The number of nitrogens with two attached hydrogens (primary N) is 1. The van der Waals surface area contributed by atoms with E-state index in [1.54, 1.807) is 0 Å². The molecule has 1 aliphatic carbocycles. The topological polar surface area (TPSA) is 63.8 Å². The third-order valence-corrected chi connectivity index (χ3v) is 5.56. The first-order valence-corrected chi connectivity index (χ1v) is 10.2. The molecule has 4 rings (SSSR count). The SMILES string of the molecule is Cc1ccc2nc(/C=C/c3ccc(Cl)cc3)nc(N[C@H]3CCCC[C@H]3N)c2c1.Cl.Cl. The number of nitrogens with zero attached hydrogens (tertiary/aromatic N) is 2. The summed E-state index contributed by atoms with van der Waals surface area (Å²) in [5.41, 5.74) is 9.54. The van der Waals surface area contributed by atoms with E-state index in [4.69, 9.17) is 27.3 Å². The van der Waals surface area contributed by atoms with Gasteiger partial charge in [0, 0.05) is 22.5 Å². The number of hydrogen-bond acceptors (Lipinski definition) is 4. The summed E-state index contributed by atoms with van der Waals surface area (Å²) in [7, 11) is 0. The molecule has 1 fully saturated rings. The minimum absolute atomic E-state index is 0. The first-order chi connectivity index (χ1) is 13.6. The standard InChI is InChI=1S/C23H25ClN4.2ClH/c1-15-6-12-20-18(14-15)23(27-21-5-3-2-4-19(21)25)28-22(26-20)13-9-16-7-10-17(24)11-8-16;;/h6-14,19,21H,2-5,25H2,1H3,(H,26,27,28);2*1H/b13-9+;;/t19-,21+;;/m1../s1. The number of aromatic nitrogens is 2. The fourth-order valence-corrected chi connectivity index (χ4v) is 3.83. The number of rotatable bonds is 4. The van der Waals surface area contributed by atoms with Crippen LogP contribution in [0.4, 0.5) is 5.82 Å². The molecule has 0 saturated heterocycles. The van der Waals surface area contributed by atoms with E-state index < -0.39 is 0 Å². The Kier molecular flexibility index (Phi) is 8.92. The second kappa shape index (κ2) is 11.0. The van der Waals surface area contributed by atoms with Crippen LogP contribution in [0.3, 0.4) is 0 Å². The van der Waals surface area contributed by atoms with Crippen molar-refractivity contribution in [3.05, 3.63) is 64.4 Å². The van der Waals surface area contributed by atoms with Crippen molar-refractivity contribution < 1.29 is 0 Å². The lowest BCUT2D eigenvalue weighted by molar-refractivity contribution is 0.403. The Labute approximate surface area is 195 Å². The number of halogens is 3. The van der Waals surface area contributed by atoms with Gasteiger partial charge in [0.2, 0.25) is 0 Å². The molecular weight excluding hydrogens is 439 g/mol. The summed E-state index contributed by atoms with van der Waals surface area (Å²) in [4.78, 5) is 9.54. The van der Waals surface area contributed by atoms with Crippen LogP contribution in [0, 0.1) is 6.92 Å². The fraction of sp³-hybridized carbons (Fsp3) is 0.304. The van der Waals surface area contributed by atoms with Crippen LogP contribution in [-0.4, -0.2) is 22.1 Å². The van der Waals surface area contributed by atoms with Crippen molar-refractivity contribution in [3.63, 3.8) is 0 Å². The highest BCUT2D eigenvalue weighted by molar-refractivity contribution is 6.30. The molecule has 0 aliphatic heterocycles. The minimum atomic E-state index is 0. The number of anilines is 1. The van der Waals surface area contributed by atoms with E-state index in [2.05, 4.69) is 30.4 Å². The lowest BCUT2D eigenvalue weighted by Gasteiger charge is -2.30. The zero-order valence-electron chi connectivity index (χ0n) is 16.8. The monoisotopic (exact) mass is 464 g/mol. The quantitative estimate of drug-likeness (QED) is 0.475. The van der Waals surface area contributed by atoms with E-state index in [9.17, 15) is 0 Å². The van der Waals surface area contributed by atoms with E-state index in [0.717, 1.165) is 40.1 Å². The molecule has 0 spiro atoms. The number of benzene rings is 2. The molecule has 1 aromatic heterocycles. The Bertz CT molecular complexity index is 1010. The van der Waals surface area contributed by atoms with Crippen LogP contribution in [0.2, 0.25) is 5.02 Å². The van der Waals surface area contributed by atoms with Crippen molar-refractivity contribution in [2.24, 2.45) is 5.73 Å². The van der Waals surface area contributed by atoms with Gasteiger partial charge in [0.05, 0.1) is 5.52 Å². The van der Waals surface area contributed by atoms with Crippen LogP contribution in [0.15, 0.2) is 42.5 Å². The summed E-state index contributed by atoms with van der Waals surface area (Å²) < 4.78 is 0. The van der Waals surface area contributed by atoms with Gasteiger partial charge in [-0.2, -0.15) is 0 Å². The van der Waals surface area contributed by atoms with Gasteiger partial charge in [0.1, 0.15) is 5.82 Å². The number of nitrogens with one attached hydrogen (secondary N) is 1. The number of hydrogen-bond donors (Lipinski definition) is 2. The average molecular weight is 466 g/mol. The normalized spacial score (nSPS) is 18.6. The molecule has 0 radical (unpaired) electrons. The van der Waals surface area contributed by atoms with Crippen molar-refractivity contribution in [2.75, 3.05) is 5.32 Å². The number of aryl methyl sites for hydroxylation is 1. The zero-order valence-corrected chi connectivity index (χ0v) is 19.2. The molecule has 30 heavy (non-hydrogen) atoms. The van der Waals surface area contributed by atoms with Crippen molar-refractivity contribution in [3.8, 4) is 0 Å². The molecule has 1 heterocycles. The molecule has 160 valence electrons. The highest BCUT2D eigenvalue weighted by atomic mass is 35.5. The van der Waals surface area contributed by atoms with Crippen LogP contribution < -0.4 is 11.1 Å². The summed E-state index contributed by atoms with van der Waals surface area (Å²) in [5.74, 6) is 1.55. The fourth-order valence-electron chi connectivity index (χ4n) is 3.70. The highest BCUT2D eigenvalue weighted by Crippen LogP contribution is 2.26. The summed E-state index contributed by atoms with van der Waals surface area (Å²) in [5, 5.41) is 5.39. The van der Waals surface area contributed by atoms with Crippen LogP contribution in [0.25, 0.3) is 23.1 Å². The predicted molar refractivity (Wildman–Crippen MR) is 133 cm³/mol. The molecule has 3 N–H and O–H groups in total. The van der Waals surface area contributed by atoms with E-state index in [1.165, 1.54) is 18.4 Å². The van der Waals surface area contributed by atoms with Gasteiger partial charge in [0.25, 0.3) is 0 Å². The summed E-state index contributed by atoms with van der Waals surface area (Å²) in [6.45, 7) is 2.09. The second-order valence-electron chi connectivity index (χ2n) is 7.54. The average Bonchev–Trinajstić information content (AvgIpc) is 2.70. The molecular formula is C23H27Cl3N4. The molecule has 0 bridgehead atoms. The molecule has 7 heteroatoms. The third kappa shape index (κ3) is 5.86. The van der Waals surface area contributed by atoms with Gasteiger partial charge in [0.15, 0.2) is 5.82 Å². The molecule has 3 aromatic rings. The molecule has 4 nitrogen and oxygen atoms in total. The molecule has 2 aromatic carbocycles. The second-order valence-corrected chi connectivity index (χ2v) is 7.97. The van der Waals surface area contributed by atoms with E-state index in [-0.39, 0.29) is 36.9 Å². The Balaban J connectivity index is 0.00000160. The summed E-state index contributed by atoms with van der Waals surface area (Å²) in [6.07, 6.45) is 8.49. The van der Waals surface area contributed by atoms with Crippen LogP contribution in [0.1, 0.15) is 42.6 Å². The Morgan fingerprint density at radius 1 is 1.00 bits per heavy atom. The Morgan fingerprint density at radius 3 is 2.47 bits per heavy atom. The smallest absolute Gasteiger partial charge is 0.154 e. The van der Waals surface area contributed by atoms with Gasteiger partial charge in [-0.3, -0.25) is 0 Å². The van der Waals surface area contributed by atoms with Crippen LogP contribution >= 0.6 is 36.4 Å². The van der Waals surface area contributed by atoms with Crippen molar-refractivity contribution in [2.45, 2.75) is 44.7 Å². The van der Waals surface area contributed by atoms with Gasteiger partial charge in [-0.25, -0.2) is 9.97 Å². The highest BCUT2D eigenvalue weighted by Gasteiger charge is 2.22. The maximum atomic E-state index is 6.36. The van der Waals surface area contributed by atoms with Crippen molar-refractivity contribution >= 4 is 65.3 Å². The summed E-state index contributed by atoms with van der Waals surface area (Å²) >= 11 is 5.96. The molecule has 0 unspecified atom stereocenters. The lowest BCUT2D eigenvalue weighted by atomic mass is 9.91. The largest absolute Gasteiger partial charge is 0.365 e. The third-order valence-electron chi connectivity index (χ3n) is 5.30. The number of fused-ring (bicyclic) bond motifs is 1. The Morgan fingerprint density at radius 2 is 1.73 bits per heavy atom. The van der Waals surface area contributed by atoms with Gasteiger partial charge < -0.3 is 11.1 Å². The Hall–Kier alpha value is -1.85. The predicted octanol–water partition coefficient (Wildman–Crippen LogP) is 6.29. The van der Waals surface area contributed by atoms with Crippen LogP contribution in [-0.2, 0) is 0 Å². The van der Waals surface area contributed by atoms with Crippen molar-refractivity contribution in [1.82, 2.24) is 9.97 Å². The van der Waals surface area contributed by atoms with Crippen molar-refractivity contribution in [1.29, 1.82) is 0 Å². The molecule has 1 aliphatic rings. The van der Waals surface area contributed by atoms with Crippen LogP contribution in [0.5, 0.6) is 0 Å². The zero-order chi connectivity index (χ0) is 19.5. The lowest BCUT2D eigenvalue weighted by Crippen LogP contribution is -2.42. The first-order valence-electron chi connectivity index (χ1n) is 9.83. The maximum Gasteiger partial charge on any atom is 0.154 e. The van der Waals surface area contributed by atoms with Gasteiger partial charge in [-0.1, -0.05) is 54.3 Å². The molecule has 0 amide bonds. The van der Waals surface area contributed by atoms with Gasteiger partial charge >= 0.3 is 0 Å². The van der Waals surface area contributed by atoms with E-state index in [1.807, 2.05) is 36.4 Å². The first kappa shape index (κ1) is 24.4. The minimum Gasteiger partial charge on any atom is -0.365 e. The van der Waals surface area contributed by atoms with Gasteiger partial charge in [-0.15, -0.1) is 24.8 Å². The van der Waals surface area contributed by atoms with E-state index in [0.29, 0.717) is 5.82 Å². The van der Waals surface area contributed by atoms with E-state index >= 15 is 0 Å².